The molecule has 0 aliphatic carbocycles. The molecule has 0 saturated heterocycles. The van der Waals surface area contributed by atoms with E-state index in [0.29, 0.717) is 6.04 Å². The fraction of sp³-hybridized carbons (Fsp3) is 0.286. The van der Waals surface area contributed by atoms with E-state index in [-0.39, 0.29) is 0 Å². The number of rotatable bonds is 0. The van der Waals surface area contributed by atoms with Gasteiger partial charge in [0.25, 0.3) is 0 Å². The lowest BCUT2D eigenvalue weighted by Crippen LogP contribution is -2.36. The minimum atomic E-state index is 0.472. The van der Waals surface area contributed by atoms with E-state index in [4.69, 9.17) is 5.73 Å². The van der Waals surface area contributed by atoms with Gasteiger partial charge in [0.2, 0.25) is 0 Å². The lowest BCUT2D eigenvalue weighted by Gasteiger charge is -2.37. The Labute approximate surface area is 112 Å². The number of nitrogens with one attached hydrogen (secondary N) is 1. The van der Waals surface area contributed by atoms with Crippen LogP contribution < -0.4 is 16.0 Å². The SMILES string of the molecule is C=C1C2=C(NC(C)CS2)c2cc(N)ccc2N1C. The van der Waals surface area contributed by atoms with Gasteiger partial charge in [-0.05, 0) is 25.1 Å². The van der Waals surface area contributed by atoms with Gasteiger partial charge >= 0.3 is 0 Å². The van der Waals surface area contributed by atoms with Crippen LogP contribution in [0.1, 0.15) is 12.5 Å². The topological polar surface area (TPSA) is 41.3 Å². The molecule has 3 rings (SSSR count). The third kappa shape index (κ3) is 1.60. The van der Waals surface area contributed by atoms with Gasteiger partial charge in [0.15, 0.2) is 0 Å². The molecular formula is C14H17N3S. The van der Waals surface area contributed by atoms with Crippen LogP contribution in [0.25, 0.3) is 5.70 Å². The third-order valence-corrected chi connectivity index (χ3v) is 4.81. The number of fused-ring (bicyclic) bond motifs is 2. The van der Waals surface area contributed by atoms with Crippen LogP contribution in [-0.2, 0) is 0 Å². The maximum Gasteiger partial charge on any atom is 0.0597 e. The van der Waals surface area contributed by atoms with Gasteiger partial charge in [-0.15, -0.1) is 11.8 Å². The van der Waals surface area contributed by atoms with Crippen LogP contribution in [0.3, 0.4) is 0 Å². The average molecular weight is 259 g/mol. The first-order valence-corrected chi connectivity index (χ1v) is 7.03. The fourth-order valence-electron chi connectivity index (χ4n) is 2.41. The number of hydrogen-bond donors (Lipinski definition) is 2. The summed E-state index contributed by atoms with van der Waals surface area (Å²) in [4.78, 5) is 3.38. The quantitative estimate of drug-likeness (QED) is 0.703. The third-order valence-electron chi connectivity index (χ3n) is 3.41. The molecule has 0 bridgehead atoms. The first-order chi connectivity index (χ1) is 8.58. The summed E-state index contributed by atoms with van der Waals surface area (Å²) in [5.74, 6) is 1.07. The summed E-state index contributed by atoms with van der Waals surface area (Å²) >= 11 is 1.87. The number of thioether (sulfide) groups is 1. The Hall–Kier alpha value is -1.55. The Morgan fingerprint density at radius 2 is 2.28 bits per heavy atom. The van der Waals surface area contributed by atoms with E-state index in [2.05, 4.69) is 36.8 Å². The van der Waals surface area contributed by atoms with Crippen LogP contribution in [-0.4, -0.2) is 18.8 Å². The Morgan fingerprint density at radius 1 is 1.50 bits per heavy atom. The maximum atomic E-state index is 5.92. The molecule has 0 fully saturated rings. The molecule has 94 valence electrons. The lowest BCUT2D eigenvalue weighted by atomic mass is 10.0. The second kappa shape index (κ2) is 3.99. The number of benzene rings is 1. The molecular weight excluding hydrogens is 242 g/mol. The molecule has 0 aromatic heterocycles. The largest absolute Gasteiger partial charge is 0.399 e. The van der Waals surface area contributed by atoms with Crippen molar-refractivity contribution >= 4 is 28.8 Å². The standard InChI is InChI=1S/C14H17N3S/c1-8-7-18-14-9(2)17(3)12-5-4-10(15)6-11(12)13(14)16-8/h4-6,8,16H,2,7,15H2,1,3H3. The van der Waals surface area contributed by atoms with Crippen LogP contribution in [0.15, 0.2) is 35.4 Å². The Bertz CT molecular complexity index is 562. The summed E-state index contributed by atoms with van der Waals surface area (Å²) in [6.07, 6.45) is 0. The lowest BCUT2D eigenvalue weighted by molar-refractivity contribution is 0.718. The van der Waals surface area contributed by atoms with E-state index < -0.39 is 0 Å². The summed E-state index contributed by atoms with van der Waals surface area (Å²) in [6, 6.07) is 6.51. The van der Waals surface area contributed by atoms with Gasteiger partial charge < -0.3 is 16.0 Å². The van der Waals surface area contributed by atoms with Crippen LogP contribution >= 0.6 is 11.8 Å². The maximum absolute atomic E-state index is 5.92. The van der Waals surface area contributed by atoms with E-state index >= 15 is 0 Å². The minimum Gasteiger partial charge on any atom is -0.399 e. The summed E-state index contributed by atoms with van der Waals surface area (Å²) < 4.78 is 0. The number of nitrogens with two attached hydrogens (primary N) is 1. The highest BCUT2D eigenvalue weighted by atomic mass is 32.2. The van der Waals surface area contributed by atoms with Crippen molar-refractivity contribution in [2.24, 2.45) is 0 Å². The van der Waals surface area contributed by atoms with Gasteiger partial charge in [0, 0.05) is 35.8 Å². The summed E-state index contributed by atoms with van der Waals surface area (Å²) in [7, 11) is 2.06. The normalized spacial score (nSPS) is 22.4. The van der Waals surface area contributed by atoms with Crippen molar-refractivity contribution in [1.29, 1.82) is 0 Å². The molecule has 3 N–H and O–H groups in total. The van der Waals surface area contributed by atoms with Crippen molar-refractivity contribution < 1.29 is 0 Å². The number of nitrogens with zero attached hydrogens (tertiary/aromatic N) is 1. The van der Waals surface area contributed by atoms with Crippen LogP contribution in [0, 0.1) is 0 Å². The van der Waals surface area contributed by atoms with E-state index in [1.807, 2.05) is 23.9 Å². The molecule has 1 aromatic rings. The number of hydrogen-bond acceptors (Lipinski definition) is 4. The van der Waals surface area contributed by atoms with E-state index in [1.165, 1.54) is 16.2 Å². The van der Waals surface area contributed by atoms with Gasteiger partial charge in [-0.1, -0.05) is 6.58 Å². The zero-order valence-corrected chi connectivity index (χ0v) is 11.5. The highest BCUT2D eigenvalue weighted by molar-refractivity contribution is 8.03. The van der Waals surface area contributed by atoms with Crippen molar-refractivity contribution in [3.63, 3.8) is 0 Å². The van der Waals surface area contributed by atoms with Crippen molar-refractivity contribution in [3.05, 3.63) is 40.9 Å². The van der Waals surface area contributed by atoms with Crippen LogP contribution in [0.4, 0.5) is 11.4 Å². The van der Waals surface area contributed by atoms with Gasteiger partial charge in [-0.2, -0.15) is 0 Å². The summed E-state index contributed by atoms with van der Waals surface area (Å²) in [6.45, 7) is 6.40. The molecule has 18 heavy (non-hydrogen) atoms. The number of nitrogen functional groups attached to an aromatic ring is 1. The molecule has 3 nitrogen and oxygen atoms in total. The highest BCUT2D eigenvalue weighted by Crippen LogP contribution is 2.44. The molecule has 1 unspecified atom stereocenters. The Balaban J connectivity index is 2.22. The molecule has 4 heteroatoms. The van der Waals surface area contributed by atoms with Crippen LogP contribution in [0.2, 0.25) is 0 Å². The molecule has 1 atom stereocenters. The predicted molar refractivity (Wildman–Crippen MR) is 80.4 cm³/mol. The first kappa shape index (κ1) is 11.5. The average Bonchev–Trinajstić information content (AvgIpc) is 2.36. The van der Waals surface area contributed by atoms with Gasteiger partial charge in [0.1, 0.15) is 0 Å². The monoisotopic (exact) mass is 259 g/mol. The molecule has 0 spiro atoms. The minimum absolute atomic E-state index is 0.472. The Kier molecular flexibility index (Phi) is 2.55. The molecule has 0 radical (unpaired) electrons. The molecule has 2 heterocycles. The second-order valence-corrected chi connectivity index (χ2v) is 5.87. The fourth-order valence-corrected chi connectivity index (χ4v) is 3.52. The van der Waals surface area contributed by atoms with E-state index in [9.17, 15) is 0 Å². The predicted octanol–water partition coefficient (Wildman–Crippen LogP) is 2.63. The molecule has 1 aromatic carbocycles. The Morgan fingerprint density at radius 3 is 3.06 bits per heavy atom. The molecule has 2 aliphatic rings. The molecule has 2 aliphatic heterocycles. The van der Waals surface area contributed by atoms with Crippen molar-refractivity contribution in [2.45, 2.75) is 13.0 Å². The van der Waals surface area contributed by atoms with Crippen molar-refractivity contribution in [2.75, 3.05) is 23.4 Å². The zero-order chi connectivity index (χ0) is 12.9. The first-order valence-electron chi connectivity index (χ1n) is 6.04. The van der Waals surface area contributed by atoms with E-state index in [0.717, 1.165) is 22.8 Å². The van der Waals surface area contributed by atoms with Crippen molar-refractivity contribution in [3.8, 4) is 0 Å². The van der Waals surface area contributed by atoms with Gasteiger partial charge in [-0.3, -0.25) is 0 Å². The van der Waals surface area contributed by atoms with Gasteiger partial charge in [-0.25, -0.2) is 0 Å². The zero-order valence-electron chi connectivity index (χ0n) is 10.7. The highest BCUT2D eigenvalue weighted by Gasteiger charge is 2.29. The summed E-state index contributed by atoms with van der Waals surface area (Å²) in [5, 5.41) is 3.57. The smallest absolute Gasteiger partial charge is 0.0597 e. The van der Waals surface area contributed by atoms with Gasteiger partial charge in [0.05, 0.1) is 16.3 Å². The number of anilines is 2. The molecule has 0 amide bonds. The van der Waals surface area contributed by atoms with Crippen LogP contribution in [0.5, 0.6) is 0 Å². The second-order valence-electron chi connectivity index (χ2n) is 4.84. The van der Waals surface area contributed by atoms with E-state index in [1.54, 1.807) is 0 Å². The molecule has 0 saturated carbocycles. The summed E-state index contributed by atoms with van der Waals surface area (Å²) in [5.41, 5.74) is 11.3. The number of likely N-dealkylation sites (N-methyl/N-ethyl adjacent to an activating group) is 1. The van der Waals surface area contributed by atoms with Crippen molar-refractivity contribution in [1.82, 2.24) is 5.32 Å².